The average molecular weight is 269 g/mol. The lowest BCUT2D eigenvalue weighted by atomic mass is 10.3. The van der Waals surface area contributed by atoms with E-state index < -0.39 is 0 Å². The van der Waals surface area contributed by atoms with Crippen LogP contribution >= 0.6 is 23.8 Å². The van der Waals surface area contributed by atoms with Gasteiger partial charge < -0.3 is 11.1 Å². The Labute approximate surface area is 107 Å². The van der Waals surface area contributed by atoms with Gasteiger partial charge in [-0.25, -0.2) is 0 Å². The molecule has 1 aromatic heterocycles. The number of hydrogen-bond donors (Lipinski definition) is 3. The first kappa shape index (κ1) is 11.7. The highest BCUT2D eigenvalue weighted by molar-refractivity contribution is 7.80. The minimum atomic E-state index is -0.311. The number of anilines is 2. The topological polar surface area (TPSA) is 75.8 Å². The molecule has 7 heteroatoms. The molecule has 0 saturated carbocycles. The Morgan fingerprint density at radius 2 is 2.06 bits per heavy atom. The van der Waals surface area contributed by atoms with Crippen molar-refractivity contribution in [1.82, 2.24) is 9.78 Å². The Hall–Kier alpha value is -1.79. The van der Waals surface area contributed by atoms with Crippen LogP contribution < -0.4 is 16.6 Å². The predicted octanol–water partition coefficient (Wildman–Crippen LogP) is 1.66. The molecule has 0 saturated heterocycles. The zero-order valence-electron chi connectivity index (χ0n) is 8.61. The van der Waals surface area contributed by atoms with E-state index in [9.17, 15) is 4.79 Å². The monoisotopic (exact) mass is 268 g/mol. The molecule has 0 fully saturated rings. The van der Waals surface area contributed by atoms with Gasteiger partial charge in [-0.15, -0.1) is 0 Å². The highest BCUT2D eigenvalue weighted by Crippen LogP contribution is 2.13. The van der Waals surface area contributed by atoms with Crippen LogP contribution in [0.3, 0.4) is 0 Å². The fourth-order valence-corrected chi connectivity index (χ4v) is 1.66. The van der Waals surface area contributed by atoms with E-state index in [0.29, 0.717) is 5.02 Å². The summed E-state index contributed by atoms with van der Waals surface area (Å²) in [5.41, 5.74) is 5.87. The summed E-state index contributed by atoms with van der Waals surface area (Å²) >= 11 is 10.8. The van der Waals surface area contributed by atoms with Crippen molar-refractivity contribution >= 4 is 40.4 Å². The molecule has 0 aliphatic carbocycles. The van der Waals surface area contributed by atoms with E-state index in [4.69, 9.17) is 29.6 Å². The fraction of sp³-hybridized carbons (Fsp3) is 0. The van der Waals surface area contributed by atoms with Crippen LogP contribution in [0.4, 0.5) is 11.5 Å². The van der Waals surface area contributed by atoms with Gasteiger partial charge in [0.25, 0.3) is 5.56 Å². The molecule has 5 nitrogen and oxygen atoms in total. The van der Waals surface area contributed by atoms with Gasteiger partial charge in [-0.05, 0) is 36.5 Å². The maximum absolute atomic E-state index is 11.4. The van der Waals surface area contributed by atoms with Crippen LogP contribution in [0, 0.1) is 0 Å². The van der Waals surface area contributed by atoms with E-state index in [1.807, 2.05) is 0 Å². The van der Waals surface area contributed by atoms with E-state index in [1.54, 1.807) is 24.3 Å². The molecule has 17 heavy (non-hydrogen) atoms. The van der Waals surface area contributed by atoms with E-state index in [-0.39, 0.29) is 16.5 Å². The molecule has 0 aliphatic rings. The maximum Gasteiger partial charge on any atom is 0.275 e. The van der Waals surface area contributed by atoms with E-state index >= 15 is 0 Å². The van der Waals surface area contributed by atoms with Gasteiger partial charge in [0.2, 0.25) is 0 Å². The zero-order valence-corrected chi connectivity index (χ0v) is 10.2. The number of aromatic amines is 1. The van der Waals surface area contributed by atoms with Crippen molar-refractivity contribution in [3.05, 3.63) is 45.7 Å². The van der Waals surface area contributed by atoms with Crippen molar-refractivity contribution < 1.29 is 0 Å². The molecule has 2 rings (SSSR count). The molecule has 88 valence electrons. The SMILES string of the molecule is Nc1cc(=O)n(C(=S)Nc2ccc(Cl)cc2)[nH]1. The lowest BCUT2D eigenvalue weighted by Crippen LogP contribution is -2.28. The quantitative estimate of drug-likeness (QED) is 0.688. The Kier molecular flexibility index (Phi) is 3.16. The molecule has 2 aromatic rings. The Bertz CT molecular complexity index is 602. The number of benzene rings is 1. The average Bonchev–Trinajstić information content (AvgIpc) is 2.61. The maximum atomic E-state index is 11.4. The Balaban J connectivity index is 2.20. The number of hydrogen-bond acceptors (Lipinski definition) is 3. The van der Waals surface area contributed by atoms with Crippen molar-refractivity contribution in [1.29, 1.82) is 0 Å². The molecule has 0 amide bonds. The summed E-state index contributed by atoms with van der Waals surface area (Å²) in [6.45, 7) is 0. The standard InChI is InChI=1S/C10H9ClN4OS/c11-6-1-3-7(4-2-6)13-10(17)15-9(16)5-8(12)14-15/h1-5,14H,12H2,(H,13,17). The number of aromatic nitrogens is 2. The Morgan fingerprint density at radius 3 is 2.59 bits per heavy atom. The molecule has 0 radical (unpaired) electrons. The number of nitrogens with two attached hydrogens (primary N) is 1. The van der Waals surface area contributed by atoms with Gasteiger partial charge >= 0.3 is 0 Å². The molecule has 1 aromatic carbocycles. The first-order chi connectivity index (χ1) is 8.06. The molecule has 0 atom stereocenters. The summed E-state index contributed by atoms with van der Waals surface area (Å²) in [6.07, 6.45) is 0. The van der Waals surface area contributed by atoms with Gasteiger partial charge in [0.05, 0.1) is 0 Å². The van der Waals surface area contributed by atoms with E-state index in [0.717, 1.165) is 10.4 Å². The summed E-state index contributed by atoms with van der Waals surface area (Å²) < 4.78 is 1.15. The molecule has 0 spiro atoms. The third kappa shape index (κ3) is 2.66. The highest BCUT2D eigenvalue weighted by atomic mass is 35.5. The van der Waals surface area contributed by atoms with Crippen molar-refractivity contribution in [2.24, 2.45) is 0 Å². The van der Waals surface area contributed by atoms with E-state index in [2.05, 4.69) is 10.4 Å². The van der Waals surface area contributed by atoms with Gasteiger partial charge in [0, 0.05) is 16.8 Å². The van der Waals surface area contributed by atoms with Crippen LogP contribution in [0.1, 0.15) is 0 Å². The van der Waals surface area contributed by atoms with Gasteiger partial charge in [-0.3, -0.25) is 9.89 Å². The van der Waals surface area contributed by atoms with Crippen molar-refractivity contribution in [2.75, 3.05) is 11.1 Å². The number of nitrogens with zero attached hydrogens (tertiary/aromatic N) is 1. The molecule has 4 N–H and O–H groups in total. The summed E-state index contributed by atoms with van der Waals surface area (Å²) in [6, 6.07) is 8.21. The smallest absolute Gasteiger partial charge is 0.275 e. The molecule has 0 aliphatic heterocycles. The summed E-state index contributed by atoms with van der Waals surface area (Å²) in [7, 11) is 0. The molecular weight excluding hydrogens is 260 g/mol. The summed E-state index contributed by atoms with van der Waals surface area (Å²) in [5, 5.41) is 6.36. The first-order valence-corrected chi connectivity index (χ1v) is 5.49. The first-order valence-electron chi connectivity index (χ1n) is 4.71. The van der Waals surface area contributed by atoms with Gasteiger partial charge in [-0.2, -0.15) is 4.68 Å². The number of nitrogens with one attached hydrogen (secondary N) is 2. The summed E-state index contributed by atoms with van der Waals surface area (Å²) in [5.74, 6) is 0.259. The van der Waals surface area contributed by atoms with Crippen molar-refractivity contribution in [2.45, 2.75) is 0 Å². The van der Waals surface area contributed by atoms with Crippen LogP contribution in [0.25, 0.3) is 0 Å². The van der Waals surface area contributed by atoms with Crippen LogP contribution in [0.5, 0.6) is 0 Å². The van der Waals surface area contributed by atoms with Crippen molar-refractivity contribution in [3.8, 4) is 0 Å². The van der Waals surface area contributed by atoms with Crippen LogP contribution in [0.15, 0.2) is 35.1 Å². The van der Waals surface area contributed by atoms with Gasteiger partial charge in [-0.1, -0.05) is 11.6 Å². The normalized spacial score (nSPS) is 10.2. The minimum Gasteiger partial charge on any atom is -0.384 e. The lowest BCUT2D eigenvalue weighted by molar-refractivity contribution is 0.919. The number of H-pyrrole nitrogens is 1. The second-order valence-electron chi connectivity index (χ2n) is 3.32. The molecule has 0 unspecified atom stereocenters. The lowest BCUT2D eigenvalue weighted by Gasteiger charge is -2.07. The fourth-order valence-electron chi connectivity index (χ4n) is 1.28. The van der Waals surface area contributed by atoms with Crippen LogP contribution in [-0.4, -0.2) is 14.9 Å². The second kappa shape index (κ2) is 4.60. The van der Waals surface area contributed by atoms with Gasteiger partial charge in [0.1, 0.15) is 5.82 Å². The van der Waals surface area contributed by atoms with E-state index in [1.165, 1.54) is 6.07 Å². The highest BCUT2D eigenvalue weighted by Gasteiger charge is 2.05. The molecular formula is C10H9ClN4OS. The minimum absolute atomic E-state index is 0.217. The number of halogens is 1. The number of thiocarbonyl (C=S) groups is 1. The molecule has 0 bridgehead atoms. The predicted molar refractivity (Wildman–Crippen MR) is 72.5 cm³/mol. The number of rotatable bonds is 1. The largest absolute Gasteiger partial charge is 0.384 e. The Morgan fingerprint density at radius 1 is 1.41 bits per heavy atom. The zero-order chi connectivity index (χ0) is 12.4. The second-order valence-corrected chi connectivity index (χ2v) is 4.15. The van der Waals surface area contributed by atoms with Crippen LogP contribution in [0.2, 0.25) is 5.02 Å². The third-order valence-corrected chi connectivity index (χ3v) is 2.58. The van der Waals surface area contributed by atoms with Gasteiger partial charge in [0.15, 0.2) is 5.11 Å². The van der Waals surface area contributed by atoms with Crippen LogP contribution in [-0.2, 0) is 0 Å². The van der Waals surface area contributed by atoms with Crippen molar-refractivity contribution in [3.63, 3.8) is 0 Å². The summed E-state index contributed by atoms with van der Waals surface area (Å²) in [4.78, 5) is 11.4. The molecule has 1 heterocycles. The third-order valence-electron chi connectivity index (χ3n) is 2.04. The number of nitrogen functional groups attached to an aromatic ring is 1.